The maximum Gasteiger partial charge on any atom is 0.410 e. The van der Waals surface area contributed by atoms with Crippen LogP contribution in [-0.4, -0.2) is 46.2 Å². The number of likely N-dealkylation sites (tertiary alicyclic amines) is 1. The second kappa shape index (κ2) is 8.09. The van der Waals surface area contributed by atoms with Crippen LogP contribution in [0.2, 0.25) is 5.15 Å². The molecule has 2 fully saturated rings. The van der Waals surface area contributed by atoms with Crippen LogP contribution in [0.25, 0.3) is 0 Å². The summed E-state index contributed by atoms with van der Waals surface area (Å²) in [7, 11) is 0. The van der Waals surface area contributed by atoms with Crippen molar-refractivity contribution in [1.82, 2.24) is 20.2 Å². The predicted molar refractivity (Wildman–Crippen MR) is 101 cm³/mol. The van der Waals surface area contributed by atoms with Gasteiger partial charge in [-0.05, 0) is 71.4 Å². The number of nitrogens with zero attached hydrogens (tertiary/aromatic N) is 3. The van der Waals surface area contributed by atoms with Gasteiger partial charge in [0.05, 0.1) is 24.1 Å². The molecule has 2 aliphatic heterocycles. The van der Waals surface area contributed by atoms with Gasteiger partial charge in [0, 0.05) is 6.54 Å². The third-order valence-corrected chi connectivity index (χ3v) is 5.50. The van der Waals surface area contributed by atoms with Crippen molar-refractivity contribution in [2.24, 2.45) is 11.8 Å². The largest absolute Gasteiger partial charge is 0.444 e. The van der Waals surface area contributed by atoms with Crippen LogP contribution < -0.4 is 5.32 Å². The lowest BCUT2D eigenvalue weighted by Crippen LogP contribution is -2.46. The molecule has 1 aromatic rings. The average molecular weight is 381 g/mol. The lowest BCUT2D eigenvalue weighted by atomic mass is 9.76. The summed E-state index contributed by atoms with van der Waals surface area (Å²) in [4.78, 5) is 23.2. The van der Waals surface area contributed by atoms with Crippen LogP contribution in [0.1, 0.15) is 58.2 Å². The first-order chi connectivity index (χ1) is 12.3. The number of piperidine rings is 2. The molecule has 2 saturated heterocycles. The van der Waals surface area contributed by atoms with E-state index in [2.05, 4.69) is 15.3 Å². The number of hydrogen-bond donors (Lipinski definition) is 1. The standard InChI is InChI=1S/C19H29ClN4O2/c1-19(2,3)26-18(25)24-9-6-14(13-4-7-21-8-5-13)10-16(24)15-11-23-17(20)12-22-15/h11-14,16,21H,4-10H2,1-3H3/t14?,16-/m1/s1. The van der Waals surface area contributed by atoms with E-state index in [0.717, 1.165) is 31.6 Å². The van der Waals surface area contributed by atoms with Gasteiger partial charge < -0.3 is 10.1 Å². The molecular weight excluding hydrogens is 352 g/mol. The van der Waals surface area contributed by atoms with Gasteiger partial charge in [0.2, 0.25) is 0 Å². The Kier molecular flexibility index (Phi) is 6.03. The second-order valence-electron chi connectivity index (χ2n) is 8.33. The highest BCUT2D eigenvalue weighted by molar-refractivity contribution is 6.29. The molecule has 3 heterocycles. The minimum Gasteiger partial charge on any atom is -0.444 e. The first-order valence-electron chi connectivity index (χ1n) is 9.51. The van der Waals surface area contributed by atoms with Gasteiger partial charge >= 0.3 is 6.09 Å². The van der Waals surface area contributed by atoms with E-state index in [0.29, 0.717) is 23.5 Å². The van der Waals surface area contributed by atoms with Crippen LogP contribution in [0.15, 0.2) is 12.4 Å². The number of nitrogens with one attached hydrogen (secondary N) is 1. The van der Waals surface area contributed by atoms with Gasteiger partial charge in [-0.2, -0.15) is 0 Å². The minimum absolute atomic E-state index is 0.108. The summed E-state index contributed by atoms with van der Waals surface area (Å²) in [6.45, 7) is 8.54. The number of rotatable bonds is 2. The fraction of sp³-hybridized carbons (Fsp3) is 0.737. The van der Waals surface area contributed by atoms with E-state index in [4.69, 9.17) is 16.3 Å². The molecule has 1 N–H and O–H groups in total. The number of ether oxygens (including phenoxy) is 1. The third kappa shape index (κ3) is 4.86. The van der Waals surface area contributed by atoms with E-state index < -0.39 is 5.60 Å². The van der Waals surface area contributed by atoms with Gasteiger partial charge in [-0.15, -0.1) is 0 Å². The molecule has 0 radical (unpaired) electrons. The SMILES string of the molecule is CC(C)(C)OC(=O)N1CCC(C2CCNCC2)C[C@@H]1c1cnc(Cl)cn1. The average Bonchev–Trinajstić information content (AvgIpc) is 2.61. The van der Waals surface area contributed by atoms with E-state index in [1.54, 1.807) is 12.4 Å². The van der Waals surface area contributed by atoms with Crippen molar-refractivity contribution in [3.8, 4) is 0 Å². The number of carbonyl (C=O) groups excluding carboxylic acids is 1. The fourth-order valence-electron chi connectivity index (χ4n) is 4.05. The van der Waals surface area contributed by atoms with Crippen molar-refractivity contribution in [3.63, 3.8) is 0 Å². The first-order valence-corrected chi connectivity index (χ1v) is 9.89. The Balaban J connectivity index is 1.79. The molecular formula is C19H29ClN4O2. The van der Waals surface area contributed by atoms with Crippen molar-refractivity contribution in [3.05, 3.63) is 23.2 Å². The zero-order valence-electron chi connectivity index (χ0n) is 15.9. The number of carbonyl (C=O) groups is 1. The van der Waals surface area contributed by atoms with Crippen molar-refractivity contribution in [2.75, 3.05) is 19.6 Å². The molecule has 0 bridgehead atoms. The molecule has 2 atom stereocenters. The summed E-state index contributed by atoms with van der Waals surface area (Å²) in [6.07, 6.45) is 7.30. The van der Waals surface area contributed by atoms with Crippen LogP contribution in [0.5, 0.6) is 0 Å². The topological polar surface area (TPSA) is 67.3 Å². The molecule has 0 saturated carbocycles. The molecule has 7 heteroatoms. The van der Waals surface area contributed by atoms with E-state index in [9.17, 15) is 4.79 Å². The van der Waals surface area contributed by atoms with Crippen molar-refractivity contribution in [1.29, 1.82) is 0 Å². The van der Waals surface area contributed by atoms with Crippen molar-refractivity contribution < 1.29 is 9.53 Å². The monoisotopic (exact) mass is 380 g/mol. The number of hydrogen-bond acceptors (Lipinski definition) is 5. The smallest absolute Gasteiger partial charge is 0.410 e. The second-order valence-corrected chi connectivity index (χ2v) is 8.71. The Bertz CT molecular complexity index is 611. The number of halogens is 1. The molecule has 0 aromatic carbocycles. The minimum atomic E-state index is -0.515. The molecule has 3 rings (SSSR count). The van der Waals surface area contributed by atoms with E-state index in [1.165, 1.54) is 12.8 Å². The Morgan fingerprint density at radius 1 is 1.19 bits per heavy atom. The maximum atomic E-state index is 12.8. The lowest BCUT2D eigenvalue weighted by molar-refractivity contribution is -0.00184. The van der Waals surface area contributed by atoms with Crippen molar-refractivity contribution >= 4 is 17.7 Å². The van der Waals surface area contributed by atoms with E-state index >= 15 is 0 Å². The molecule has 1 unspecified atom stereocenters. The normalized spacial score (nSPS) is 25.2. The van der Waals surface area contributed by atoms with Crippen LogP contribution in [0.4, 0.5) is 4.79 Å². The quantitative estimate of drug-likeness (QED) is 0.844. The Morgan fingerprint density at radius 3 is 2.54 bits per heavy atom. The summed E-state index contributed by atoms with van der Waals surface area (Å²) < 4.78 is 5.64. The zero-order chi connectivity index (χ0) is 18.7. The fourth-order valence-corrected chi connectivity index (χ4v) is 4.15. The van der Waals surface area contributed by atoms with Gasteiger partial charge in [-0.1, -0.05) is 11.6 Å². The summed E-state index contributed by atoms with van der Waals surface area (Å²) >= 11 is 5.90. The van der Waals surface area contributed by atoms with Crippen LogP contribution in [0.3, 0.4) is 0 Å². The summed E-state index contributed by atoms with van der Waals surface area (Å²) in [6, 6.07) is -0.108. The lowest BCUT2D eigenvalue weighted by Gasteiger charge is -2.42. The molecule has 1 aromatic heterocycles. The summed E-state index contributed by atoms with van der Waals surface area (Å²) in [5.41, 5.74) is 0.276. The Hall–Kier alpha value is -1.40. The molecule has 2 aliphatic rings. The predicted octanol–water partition coefficient (Wildman–Crippen LogP) is 3.82. The van der Waals surface area contributed by atoms with Crippen LogP contribution in [-0.2, 0) is 4.74 Å². The Labute approximate surface area is 160 Å². The highest BCUT2D eigenvalue weighted by atomic mass is 35.5. The van der Waals surface area contributed by atoms with E-state index in [-0.39, 0.29) is 12.1 Å². The van der Waals surface area contributed by atoms with Gasteiger partial charge in [0.25, 0.3) is 0 Å². The summed E-state index contributed by atoms with van der Waals surface area (Å²) in [5, 5.41) is 3.80. The van der Waals surface area contributed by atoms with Crippen LogP contribution >= 0.6 is 11.6 Å². The summed E-state index contributed by atoms with van der Waals surface area (Å²) in [5.74, 6) is 1.30. The molecule has 26 heavy (non-hydrogen) atoms. The number of amides is 1. The van der Waals surface area contributed by atoms with Gasteiger partial charge in [-0.3, -0.25) is 9.88 Å². The van der Waals surface area contributed by atoms with E-state index in [1.807, 2.05) is 25.7 Å². The van der Waals surface area contributed by atoms with Gasteiger partial charge in [0.15, 0.2) is 0 Å². The van der Waals surface area contributed by atoms with Gasteiger partial charge in [0.1, 0.15) is 10.8 Å². The molecule has 0 aliphatic carbocycles. The van der Waals surface area contributed by atoms with Crippen molar-refractivity contribution in [2.45, 2.75) is 58.1 Å². The van der Waals surface area contributed by atoms with Crippen LogP contribution in [0, 0.1) is 11.8 Å². The Morgan fingerprint density at radius 2 is 1.92 bits per heavy atom. The van der Waals surface area contributed by atoms with Gasteiger partial charge in [-0.25, -0.2) is 9.78 Å². The number of aromatic nitrogens is 2. The molecule has 0 spiro atoms. The zero-order valence-corrected chi connectivity index (χ0v) is 16.6. The molecule has 144 valence electrons. The first kappa shape index (κ1) is 19.4. The maximum absolute atomic E-state index is 12.8. The highest BCUT2D eigenvalue weighted by Gasteiger charge is 2.38. The molecule has 6 nitrogen and oxygen atoms in total. The third-order valence-electron chi connectivity index (χ3n) is 5.30. The highest BCUT2D eigenvalue weighted by Crippen LogP contribution is 2.40. The molecule has 1 amide bonds.